The van der Waals surface area contributed by atoms with E-state index in [0.29, 0.717) is 17.9 Å². The number of aliphatic hydroxyl groups is 1. The predicted octanol–water partition coefficient (Wildman–Crippen LogP) is 1.31. The van der Waals surface area contributed by atoms with Gasteiger partial charge in [0.2, 0.25) is 0 Å². The first-order valence-electron chi connectivity index (χ1n) is 6.79. The van der Waals surface area contributed by atoms with E-state index in [2.05, 4.69) is 16.4 Å². The minimum absolute atomic E-state index is 0.290. The van der Waals surface area contributed by atoms with Gasteiger partial charge < -0.3 is 15.2 Å². The smallest absolute Gasteiger partial charge is 0.137 e. The van der Waals surface area contributed by atoms with E-state index in [0.717, 1.165) is 25.3 Å². The highest BCUT2D eigenvalue weighted by Gasteiger charge is 2.37. The second kappa shape index (κ2) is 5.24. The molecule has 1 saturated carbocycles. The zero-order valence-corrected chi connectivity index (χ0v) is 10.5. The summed E-state index contributed by atoms with van der Waals surface area (Å²) in [6.45, 7) is 2.13. The Kier molecular flexibility index (Phi) is 3.48. The summed E-state index contributed by atoms with van der Waals surface area (Å²) in [6.07, 6.45) is 6.99. The van der Waals surface area contributed by atoms with Crippen molar-refractivity contribution in [3.05, 3.63) is 24.0 Å². The summed E-state index contributed by atoms with van der Waals surface area (Å²) in [5, 5.41) is 12.2. The third-order valence-electron chi connectivity index (χ3n) is 3.96. The molecule has 3 atom stereocenters. The molecule has 3 rings (SSSR count). The van der Waals surface area contributed by atoms with Crippen LogP contribution >= 0.6 is 0 Å². The van der Waals surface area contributed by atoms with Gasteiger partial charge in [-0.15, -0.1) is 0 Å². The van der Waals surface area contributed by atoms with E-state index in [9.17, 15) is 0 Å². The summed E-state index contributed by atoms with van der Waals surface area (Å²) in [4.78, 5) is 4.25. The molecule has 1 aromatic rings. The van der Waals surface area contributed by atoms with Gasteiger partial charge in [-0.25, -0.2) is 0 Å². The summed E-state index contributed by atoms with van der Waals surface area (Å²) < 4.78 is 5.75. The Bertz CT molecular complexity index is 407. The zero-order valence-electron chi connectivity index (χ0n) is 10.5. The van der Waals surface area contributed by atoms with Crippen molar-refractivity contribution in [1.82, 2.24) is 10.3 Å². The normalized spacial score (nSPS) is 29.7. The van der Waals surface area contributed by atoms with Gasteiger partial charge in [-0.1, -0.05) is 0 Å². The van der Waals surface area contributed by atoms with Crippen LogP contribution in [0.3, 0.4) is 0 Å². The molecule has 0 amide bonds. The van der Waals surface area contributed by atoms with Crippen molar-refractivity contribution >= 4 is 0 Å². The van der Waals surface area contributed by atoms with E-state index in [-0.39, 0.29) is 6.61 Å². The van der Waals surface area contributed by atoms with E-state index in [4.69, 9.17) is 9.84 Å². The first kappa shape index (κ1) is 11.9. The highest BCUT2D eigenvalue weighted by atomic mass is 16.5. The van der Waals surface area contributed by atoms with Crippen molar-refractivity contribution in [2.75, 3.05) is 19.8 Å². The first-order chi connectivity index (χ1) is 8.86. The molecule has 2 heterocycles. The maximum absolute atomic E-state index is 8.93. The number of hydrogen-bond acceptors (Lipinski definition) is 4. The number of pyridine rings is 1. The standard InChI is InChI=1S/C14H20N2O2/c17-4-2-10-6-14(10)11-5-13(8-15-7-11)18-9-12-1-3-16-12/h5,7-8,10,12,14,16-17H,1-4,6,9H2/t10-,12+,14-/m1/s1. The molecule has 2 fully saturated rings. The lowest BCUT2D eigenvalue weighted by molar-refractivity contribution is 0.216. The monoisotopic (exact) mass is 248 g/mol. The van der Waals surface area contributed by atoms with Crippen molar-refractivity contribution in [2.45, 2.75) is 31.2 Å². The second-order valence-corrected chi connectivity index (χ2v) is 5.32. The van der Waals surface area contributed by atoms with Gasteiger partial charge in [-0.3, -0.25) is 4.98 Å². The third kappa shape index (κ3) is 2.65. The number of ether oxygens (including phenoxy) is 1. The summed E-state index contributed by atoms with van der Waals surface area (Å²) >= 11 is 0. The number of hydrogen-bond donors (Lipinski definition) is 2. The summed E-state index contributed by atoms with van der Waals surface area (Å²) in [5.74, 6) is 2.09. The molecule has 0 bridgehead atoms. The lowest BCUT2D eigenvalue weighted by atomic mass is 10.1. The molecule has 0 spiro atoms. The van der Waals surface area contributed by atoms with Gasteiger partial charge in [-0.2, -0.15) is 0 Å². The maximum atomic E-state index is 8.93. The minimum Gasteiger partial charge on any atom is -0.490 e. The van der Waals surface area contributed by atoms with Crippen molar-refractivity contribution in [3.63, 3.8) is 0 Å². The average molecular weight is 248 g/mol. The molecule has 98 valence electrons. The molecule has 4 heteroatoms. The molecule has 1 aliphatic carbocycles. The predicted molar refractivity (Wildman–Crippen MR) is 68.7 cm³/mol. The Morgan fingerprint density at radius 3 is 3.06 bits per heavy atom. The summed E-state index contributed by atoms with van der Waals surface area (Å²) in [7, 11) is 0. The zero-order chi connectivity index (χ0) is 12.4. The number of aliphatic hydroxyl groups excluding tert-OH is 1. The fourth-order valence-electron chi connectivity index (χ4n) is 2.55. The molecule has 0 unspecified atom stereocenters. The van der Waals surface area contributed by atoms with Crippen LogP contribution in [-0.2, 0) is 0 Å². The summed E-state index contributed by atoms with van der Waals surface area (Å²) in [6, 6.07) is 2.62. The van der Waals surface area contributed by atoms with Crippen LogP contribution in [-0.4, -0.2) is 35.9 Å². The molecule has 0 aromatic carbocycles. The molecule has 1 aliphatic heterocycles. The maximum Gasteiger partial charge on any atom is 0.137 e. The SMILES string of the molecule is OCC[C@@H]1C[C@H]1c1cncc(OC[C@@H]2CCN2)c1. The Hall–Kier alpha value is -1.13. The highest BCUT2D eigenvalue weighted by molar-refractivity contribution is 5.30. The summed E-state index contributed by atoms with van der Waals surface area (Å²) in [5.41, 5.74) is 1.26. The van der Waals surface area contributed by atoms with Gasteiger partial charge in [0.1, 0.15) is 12.4 Å². The minimum atomic E-state index is 0.290. The molecule has 0 radical (unpaired) electrons. The lowest BCUT2D eigenvalue weighted by Crippen LogP contribution is -2.46. The van der Waals surface area contributed by atoms with Gasteiger partial charge in [0.15, 0.2) is 0 Å². The fraction of sp³-hybridized carbons (Fsp3) is 0.643. The molecule has 4 nitrogen and oxygen atoms in total. The highest BCUT2D eigenvalue weighted by Crippen LogP contribution is 2.49. The van der Waals surface area contributed by atoms with E-state index < -0.39 is 0 Å². The molecule has 18 heavy (non-hydrogen) atoms. The Labute approximate surface area is 107 Å². The first-order valence-corrected chi connectivity index (χ1v) is 6.79. The van der Waals surface area contributed by atoms with Gasteiger partial charge in [0, 0.05) is 18.8 Å². The quantitative estimate of drug-likeness (QED) is 0.797. The number of nitrogens with one attached hydrogen (secondary N) is 1. The van der Waals surface area contributed by atoms with Crippen LogP contribution in [0.2, 0.25) is 0 Å². The topological polar surface area (TPSA) is 54.4 Å². The molecular weight excluding hydrogens is 228 g/mol. The molecule has 2 aliphatic rings. The lowest BCUT2D eigenvalue weighted by Gasteiger charge is -2.27. The van der Waals surface area contributed by atoms with Crippen LogP contribution in [0.5, 0.6) is 5.75 Å². The third-order valence-corrected chi connectivity index (χ3v) is 3.96. The molecule has 1 saturated heterocycles. The van der Waals surface area contributed by atoms with Crippen LogP contribution < -0.4 is 10.1 Å². The van der Waals surface area contributed by atoms with Gasteiger partial charge in [0.05, 0.1) is 6.20 Å². The van der Waals surface area contributed by atoms with E-state index >= 15 is 0 Å². The van der Waals surface area contributed by atoms with Crippen molar-refractivity contribution in [2.24, 2.45) is 5.92 Å². The van der Waals surface area contributed by atoms with Gasteiger partial charge in [0.25, 0.3) is 0 Å². The van der Waals surface area contributed by atoms with Crippen LogP contribution in [0.4, 0.5) is 0 Å². The van der Waals surface area contributed by atoms with Crippen molar-refractivity contribution in [1.29, 1.82) is 0 Å². The number of rotatable bonds is 6. The van der Waals surface area contributed by atoms with Crippen molar-refractivity contribution < 1.29 is 9.84 Å². The molecule has 1 aromatic heterocycles. The molecular formula is C14H20N2O2. The van der Waals surface area contributed by atoms with Gasteiger partial charge >= 0.3 is 0 Å². The number of nitrogens with zero attached hydrogens (tertiary/aromatic N) is 1. The largest absolute Gasteiger partial charge is 0.490 e. The number of aromatic nitrogens is 1. The average Bonchev–Trinajstić information content (AvgIpc) is 3.07. The van der Waals surface area contributed by atoms with Crippen LogP contribution in [0.25, 0.3) is 0 Å². The van der Waals surface area contributed by atoms with Crippen LogP contribution in [0, 0.1) is 5.92 Å². The Morgan fingerprint density at radius 1 is 1.44 bits per heavy atom. The van der Waals surface area contributed by atoms with Crippen LogP contribution in [0.1, 0.15) is 30.7 Å². The van der Waals surface area contributed by atoms with E-state index in [1.54, 1.807) is 6.20 Å². The Morgan fingerprint density at radius 2 is 2.33 bits per heavy atom. The Balaban J connectivity index is 1.55. The van der Waals surface area contributed by atoms with E-state index in [1.807, 2.05) is 6.20 Å². The van der Waals surface area contributed by atoms with E-state index in [1.165, 1.54) is 18.4 Å². The molecule has 2 N–H and O–H groups in total. The van der Waals surface area contributed by atoms with Gasteiger partial charge in [-0.05, 0) is 49.3 Å². The van der Waals surface area contributed by atoms with Crippen molar-refractivity contribution in [3.8, 4) is 5.75 Å². The second-order valence-electron chi connectivity index (χ2n) is 5.32. The fourth-order valence-corrected chi connectivity index (χ4v) is 2.55. The van der Waals surface area contributed by atoms with Crippen LogP contribution in [0.15, 0.2) is 18.5 Å².